The van der Waals surface area contributed by atoms with E-state index in [1.165, 1.54) is 12.8 Å². The number of hydrogen-bond donors (Lipinski definition) is 1. The Bertz CT molecular complexity index is 167. The molecule has 2 atom stereocenters. The van der Waals surface area contributed by atoms with Crippen LogP contribution in [0.2, 0.25) is 0 Å². The van der Waals surface area contributed by atoms with Crippen LogP contribution in [0, 0.1) is 5.41 Å². The standard InChI is InChI=1S/C12H25NO2/c1-4-13-9-12(8-11(2)14-3)6-5-7-15-10-12/h11,13H,4-10H2,1-3H3. The monoisotopic (exact) mass is 215 g/mol. The zero-order chi connectivity index (χ0) is 11.1. The minimum absolute atomic E-state index is 0.295. The Morgan fingerprint density at radius 3 is 2.87 bits per heavy atom. The van der Waals surface area contributed by atoms with Crippen molar-refractivity contribution < 1.29 is 9.47 Å². The third-order valence-corrected chi connectivity index (χ3v) is 3.28. The number of methoxy groups -OCH3 is 1. The van der Waals surface area contributed by atoms with E-state index in [2.05, 4.69) is 19.2 Å². The molecule has 2 unspecified atom stereocenters. The van der Waals surface area contributed by atoms with Crippen molar-refractivity contribution in [2.75, 3.05) is 33.4 Å². The van der Waals surface area contributed by atoms with Gasteiger partial charge in [-0.2, -0.15) is 0 Å². The molecule has 15 heavy (non-hydrogen) atoms. The smallest absolute Gasteiger partial charge is 0.0549 e. The fraction of sp³-hybridized carbons (Fsp3) is 1.00. The molecule has 0 radical (unpaired) electrons. The number of hydrogen-bond acceptors (Lipinski definition) is 3. The quantitative estimate of drug-likeness (QED) is 0.733. The van der Waals surface area contributed by atoms with E-state index < -0.39 is 0 Å². The molecule has 0 aromatic carbocycles. The van der Waals surface area contributed by atoms with Crippen LogP contribution in [0.4, 0.5) is 0 Å². The summed E-state index contributed by atoms with van der Waals surface area (Å²) in [5.41, 5.74) is 0.295. The Morgan fingerprint density at radius 2 is 2.33 bits per heavy atom. The van der Waals surface area contributed by atoms with Gasteiger partial charge in [0.2, 0.25) is 0 Å². The second-order valence-corrected chi connectivity index (χ2v) is 4.69. The first-order valence-electron chi connectivity index (χ1n) is 6.04. The minimum Gasteiger partial charge on any atom is -0.382 e. The molecule has 3 heteroatoms. The SMILES string of the molecule is CCNCC1(CC(C)OC)CCCOC1. The first-order chi connectivity index (χ1) is 7.22. The van der Waals surface area contributed by atoms with Gasteiger partial charge in [-0.25, -0.2) is 0 Å². The van der Waals surface area contributed by atoms with Crippen molar-refractivity contribution in [2.45, 2.75) is 39.2 Å². The molecule has 0 spiro atoms. The van der Waals surface area contributed by atoms with E-state index in [0.717, 1.165) is 32.7 Å². The predicted octanol–water partition coefficient (Wildman–Crippen LogP) is 1.82. The third kappa shape index (κ3) is 4.09. The molecule has 1 aliphatic heterocycles. The summed E-state index contributed by atoms with van der Waals surface area (Å²) in [6.45, 7) is 8.18. The molecule has 1 saturated heterocycles. The lowest BCUT2D eigenvalue weighted by molar-refractivity contribution is -0.0385. The van der Waals surface area contributed by atoms with Crippen molar-refractivity contribution >= 4 is 0 Å². The van der Waals surface area contributed by atoms with E-state index >= 15 is 0 Å². The first-order valence-corrected chi connectivity index (χ1v) is 6.04. The Balaban J connectivity index is 2.49. The Labute approximate surface area is 93.5 Å². The maximum Gasteiger partial charge on any atom is 0.0549 e. The highest BCUT2D eigenvalue weighted by molar-refractivity contribution is 4.85. The average Bonchev–Trinajstić information content (AvgIpc) is 2.27. The van der Waals surface area contributed by atoms with Crippen molar-refractivity contribution in [1.29, 1.82) is 0 Å². The topological polar surface area (TPSA) is 30.5 Å². The summed E-state index contributed by atoms with van der Waals surface area (Å²) in [6, 6.07) is 0. The zero-order valence-electron chi connectivity index (χ0n) is 10.3. The highest BCUT2D eigenvalue weighted by atomic mass is 16.5. The first kappa shape index (κ1) is 12.9. The Morgan fingerprint density at radius 1 is 1.53 bits per heavy atom. The van der Waals surface area contributed by atoms with Crippen molar-refractivity contribution in [1.82, 2.24) is 5.32 Å². The molecule has 3 nitrogen and oxygen atoms in total. The van der Waals surface area contributed by atoms with Crippen LogP contribution in [0.5, 0.6) is 0 Å². The van der Waals surface area contributed by atoms with Gasteiger partial charge in [0.05, 0.1) is 12.7 Å². The van der Waals surface area contributed by atoms with Crippen molar-refractivity contribution in [3.8, 4) is 0 Å². The summed E-state index contributed by atoms with van der Waals surface area (Å²) >= 11 is 0. The second kappa shape index (κ2) is 6.46. The van der Waals surface area contributed by atoms with Gasteiger partial charge in [-0.05, 0) is 32.7 Å². The molecule has 1 heterocycles. The molecule has 0 aromatic heterocycles. The second-order valence-electron chi connectivity index (χ2n) is 4.69. The summed E-state index contributed by atoms with van der Waals surface area (Å²) in [5.74, 6) is 0. The van der Waals surface area contributed by atoms with E-state index in [4.69, 9.17) is 9.47 Å². The van der Waals surface area contributed by atoms with E-state index in [0.29, 0.717) is 11.5 Å². The largest absolute Gasteiger partial charge is 0.382 e. The summed E-state index contributed by atoms with van der Waals surface area (Å²) in [5, 5.41) is 3.45. The van der Waals surface area contributed by atoms with Crippen molar-refractivity contribution in [3.63, 3.8) is 0 Å². The molecule has 1 rings (SSSR count). The Kier molecular flexibility index (Phi) is 5.58. The molecular formula is C12H25NO2. The summed E-state index contributed by atoms with van der Waals surface area (Å²) in [6.07, 6.45) is 3.86. The van der Waals surface area contributed by atoms with Crippen LogP contribution in [0.3, 0.4) is 0 Å². The lowest BCUT2D eigenvalue weighted by Gasteiger charge is -2.38. The molecule has 1 N–H and O–H groups in total. The highest BCUT2D eigenvalue weighted by Gasteiger charge is 2.33. The van der Waals surface area contributed by atoms with Crippen LogP contribution in [0.25, 0.3) is 0 Å². The molecule has 90 valence electrons. The molecular weight excluding hydrogens is 190 g/mol. The molecule has 0 bridgehead atoms. The van der Waals surface area contributed by atoms with Crippen molar-refractivity contribution in [2.24, 2.45) is 5.41 Å². The molecule has 1 fully saturated rings. The maximum atomic E-state index is 5.63. The van der Waals surface area contributed by atoms with Gasteiger partial charge in [0.1, 0.15) is 0 Å². The van der Waals surface area contributed by atoms with Gasteiger partial charge in [-0.1, -0.05) is 6.92 Å². The highest BCUT2D eigenvalue weighted by Crippen LogP contribution is 2.33. The minimum atomic E-state index is 0.295. The van der Waals surface area contributed by atoms with Gasteiger partial charge < -0.3 is 14.8 Å². The number of nitrogens with one attached hydrogen (secondary N) is 1. The van der Waals surface area contributed by atoms with Gasteiger partial charge in [0.15, 0.2) is 0 Å². The third-order valence-electron chi connectivity index (χ3n) is 3.28. The van der Waals surface area contributed by atoms with E-state index in [1.54, 1.807) is 7.11 Å². The molecule has 1 aliphatic rings. The Hall–Kier alpha value is -0.120. The average molecular weight is 215 g/mol. The van der Waals surface area contributed by atoms with E-state index in [9.17, 15) is 0 Å². The fourth-order valence-electron chi connectivity index (χ4n) is 2.37. The van der Waals surface area contributed by atoms with Crippen LogP contribution >= 0.6 is 0 Å². The van der Waals surface area contributed by atoms with Gasteiger partial charge in [-0.15, -0.1) is 0 Å². The summed E-state index contributed by atoms with van der Waals surface area (Å²) in [7, 11) is 1.79. The normalized spacial score (nSPS) is 29.0. The fourth-order valence-corrected chi connectivity index (χ4v) is 2.37. The summed E-state index contributed by atoms with van der Waals surface area (Å²) < 4.78 is 11.0. The number of ether oxygens (including phenoxy) is 2. The van der Waals surface area contributed by atoms with Crippen molar-refractivity contribution in [3.05, 3.63) is 0 Å². The van der Waals surface area contributed by atoms with Gasteiger partial charge in [0, 0.05) is 25.7 Å². The van der Waals surface area contributed by atoms with Crippen LogP contribution in [-0.4, -0.2) is 39.5 Å². The molecule has 0 aliphatic carbocycles. The van der Waals surface area contributed by atoms with E-state index in [-0.39, 0.29) is 0 Å². The van der Waals surface area contributed by atoms with Crippen LogP contribution in [0.1, 0.15) is 33.1 Å². The zero-order valence-corrected chi connectivity index (χ0v) is 10.3. The lowest BCUT2D eigenvalue weighted by atomic mass is 9.78. The van der Waals surface area contributed by atoms with Gasteiger partial charge >= 0.3 is 0 Å². The lowest BCUT2D eigenvalue weighted by Crippen LogP contribution is -2.43. The molecule has 0 saturated carbocycles. The van der Waals surface area contributed by atoms with Gasteiger partial charge in [-0.3, -0.25) is 0 Å². The van der Waals surface area contributed by atoms with Crippen LogP contribution in [-0.2, 0) is 9.47 Å². The van der Waals surface area contributed by atoms with Crippen LogP contribution in [0.15, 0.2) is 0 Å². The van der Waals surface area contributed by atoms with Gasteiger partial charge in [0.25, 0.3) is 0 Å². The summed E-state index contributed by atoms with van der Waals surface area (Å²) in [4.78, 5) is 0. The molecule has 0 amide bonds. The van der Waals surface area contributed by atoms with Crippen LogP contribution < -0.4 is 5.32 Å². The number of rotatable bonds is 6. The molecule has 0 aromatic rings. The maximum absolute atomic E-state index is 5.63. The van der Waals surface area contributed by atoms with E-state index in [1.807, 2.05) is 0 Å². The predicted molar refractivity (Wildman–Crippen MR) is 62.1 cm³/mol.